The van der Waals surface area contributed by atoms with Gasteiger partial charge in [0.15, 0.2) is 11.3 Å². The van der Waals surface area contributed by atoms with Gasteiger partial charge in [-0.2, -0.15) is 0 Å². The molecule has 5 aromatic rings. The molecule has 0 saturated heterocycles. The first kappa shape index (κ1) is 28.0. The normalized spacial score (nSPS) is 17.3. The highest BCUT2D eigenvalue weighted by Crippen LogP contribution is 2.58. The zero-order valence-electron chi connectivity index (χ0n) is 25.7. The molecule has 1 heterocycles. The number of hydrogen-bond acceptors (Lipinski definition) is 2. The Balaban J connectivity index is 1.38. The minimum atomic E-state index is -0.808. The summed E-state index contributed by atoms with van der Waals surface area (Å²) in [4.78, 5) is 3.75. The van der Waals surface area contributed by atoms with E-state index in [1.807, 2.05) is 12.1 Å². The van der Waals surface area contributed by atoms with E-state index < -0.39 is 5.60 Å². The second kappa shape index (κ2) is 11.0. The Morgan fingerprint density at radius 2 is 1.52 bits per heavy atom. The van der Waals surface area contributed by atoms with E-state index in [-0.39, 0.29) is 5.41 Å². The maximum atomic E-state index is 7.64. The first-order valence-electron chi connectivity index (χ1n) is 15.8. The third-order valence-corrected chi connectivity index (χ3v) is 9.41. The van der Waals surface area contributed by atoms with Gasteiger partial charge in [0.05, 0.1) is 13.2 Å². The average molecular weight is 576 g/mol. The summed E-state index contributed by atoms with van der Waals surface area (Å²) in [5.41, 5.74) is 7.71. The monoisotopic (exact) mass is 575 g/mol. The Labute approximate surface area is 260 Å². The average Bonchev–Trinajstić information content (AvgIpc) is 3.31. The predicted octanol–water partition coefficient (Wildman–Crippen LogP) is 11.0. The Bertz CT molecular complexity index is 1930. The van der Waals surface area contributed by atoms with E-state index in [1.165, 1.54) is 46.9 Å². The summed E-state index contributed by atoms with van der Waals surface area (Å²) in [6, 6.07) is 33.7. The molecule has 3 nitrogen and oxygen atoms in total. The molecule has 3 heteroatoms. The van der Waals surface area contributed by atoms with Crippen molar-refractivity contribution in [1.29, 1.82) is 0 Å². The van der Waals surface area contributed by atoms with Gasteiger partial charge in [0.25, 0.3) is 0 Å². The van der Waals surface area contributed by atoms with Gasteiger partial charge in [-0.15, -0.1) is 0 Å². The molecule has 218 valence electrons. The van der Waals surface area contributed by atoms with Gasteiger partial charge in [-0.3, -0.25) is 0 Å². The molecule has 7 rings (SSSR count). The highest BCUT2D eigenvalue weighted by molar-refractivity contribution is 6.08. The van der Waals surface area contributed by atoms with Crippen molar-refractivity contribution in [2.45, 2.75) is 57.5 Å². The molecule has 0 saturated carbocycles. The van der Waals surface area contributed by atoms with Gasteiger partial charge in [-0.25, -0.2) is 4.85 Å². The summed E-state index contributed by atoms with van der Waals surface area (Å²) in [5.74, 6) is 1.78. The molecule has 1 unspecified atom stereocenters. The van der Waals surface area contributed by atoms with Crippen molar-refractivity contribution in [3.63, 3.8) is 0 Å². The van der Waals surface area contributed by atoms with Crippen molar-refractivity contribution in [3.8, 4) is 22.6 Å². The largest absolute Gasteiger partial charge is 0.494 e. The molecule has 44 heavy (non-hydrogen) atoms. The lowest BCUT2D eigenvalue weighted by Gasteiger charge is -2.38. The van der Waals surface area contributed by atoms with Gasteiger partial charge in [-0.1, -0.05) is 131 Å². The first-order chi connectivity index (χ1) is 21.5. The molecule has 1 aliphatic heterocycles. The fraction of sp³-hybridized carbons (Fsp3) is 0.244. The lowest BCUT2D eigenvalue weighted by atomic mass is 9.76. The van der Waals surface area contributed by atoms with Crippen LogP contribution in [0.3, 0.4) is 0 Å². The quantitative estimate of drug-likeness (QED) is 0.136. The van der Waals surface area contributed by atoms with E-state index in [9.17, 15) is 0 Å². The van der Waals surface area contributed by atoms with Crippen LogP contribution in [0, 0.1) is 6.57 Å². The summed E-state index contributed by atoms with van der Waals surface area (Å²) in [7, 11) is 0. The molecule has 0 fully saturated rings. The highest BCUT2D eigenvalue weighted by atomic mass is 16.5. The summed E-state index contributed by atoms with van der Waals surface area (Å²) < 4.78 is 13.4. The summed E-state index contributed by atoms with van der Waals surface area (Å²) in [6.45, 7) is 15.2. The van der Waals surface area contributed by atoms with Crippen molar-refractivity contribution in [1.82, 2.24) is 0 Å². The topological polar surface area (TPSA) is 22.8 Å². The summed E-state index contributed by atoms with van der Waals surface area (Å²) in [5, 5.41) is 2.27. The third-order valence-electron chi connectivity index (χ3n) is 9.41. The van der Waals surface area contributed by atoms with Gasteiger partial charge in [0, 0.05) is 27.5 Å². The number of ether oxygens (including phenoxy) is 2. The number of nitrogens with zero attached hydrogens (tertiary/aromatic N) is 1. The second-order valence-electron chi connectivity index (χ2n) is 12.5. The maximum Gasteiger partial charge on any atom is 0.187 e. The van der Waals surface area contributed by atoms with Crippen LogP contribution in [0.2, 0.25) is 0 Å². The van der Waals surface area contributed by atoms with Crippen LogP contribution in [0.1, 0.15) is 74.3 Å². The van der Waals surface area contributed by atoms with Crippen LogP contribution in [-0.2, 0) is 11.0 Å². The van der Waals surface area contributed by atoms with Crippen molar-refractivity contribution >= 4 is 22.5 Å². The van der Waals surface area contributed by atoms with Crippen LogP contribution >= 0.6 is 0 Å². The molecular formula is C41H37NO2. The second-order valence-corrected chi connectivity index (χ2v) is 12.5. The number of unbranched alkanes of at least 4 members (excludes halogenated alkanes) is 3. The Hall–Kier alpha value is -4.81. The SMILES string of the molecule is [C-]#[N+]c1ccc2c(c1)C(C)(C)c1c3c(c4ccccc4c1-2)OC(c1ccccc1)(c1ccc(OCCCCCC)cc1)C=C3. The van der Waals surface area contributed by atoms with Crippen LogP contribution in [-0.4, -0.2) is 6.61 Å². The molecule has 0 N–H and O–H groups in total. The Morgan fingerprint density at radius 1 is 0.795 bits per heavy atom. The maximum absolute atomic E-state index is 7.64. The lowest BCUT2D eigenvalue weighted by Crippen LogP contribution is -2.35. The number of hydrogen-bond donors (Lipinski definition) is 0. The number of benzene rings is 5. The van der Waals surface area contributed by atoms with E-state index in [0.717, 1.165) is 46.6 Å². The van der Waals surface area contributed by atoms with Crippen molar-refractivity contribution in [3.05, 3.63) is 142 Å². The molecule has 1 atom stereocenters. The number of fused-ring (bicyclic) bond motifs is 8. The first-order valence-corrected chi connectivity index (χ1v) is 15.8. The molecule has 0 bridgehead atoms. The minimum absolute atomic E-state index is 0.296. The Kier molecular flexibility index (Phi) is 7.02. The molecule has 0 amide bonds. The third kappa shape index (κ3) is 4.40. The van der Waals surface area contributed by atoms with E-state index >= 15 is 0 Å². The van der Waals surface area contributed by atoms with Crippen molar-refractivity contribution in [2.75, 3.05) is 6.61 Å². The van der Waals surface area contributed by atoms with Gasteiger partial charge in [0.1, 0.15) is 11.5 Å². The van der Waals surface area contributed by atoms with Crippen LogP contribution in [0.4, 0.5) is 5.69 Å². The van der Waals surface area contributed by atoms with E-state index in [2.05, 4.69) is 123 Å². The zero-order chi connectivity index (χ0) is 30.3. The molecular weight excluding hydrogens is 538 g/mol. The van der Waals surface area contributed by atoms with E-state index in [4.69, 9.17) is 16.0 Å². The number of rotatable bonds is 8. The fourth-order valence-corrected chi connectivity index (χ4v) is 7.17. The lowest BCUT2D eigenvalue weighted by molar-refractivity contribution is 0.163. The molecule has 0 aromatic heterocycles. The van der Waals surface area contributed by atoms with Crippen LogP contribution in [0.15, 0.2) is 103 Å². The van der Waals surface area contributed by atoms with Gasteiger partial charge in [-0.05, 0) is 52.3 Å². The molecule has 0 spiro atoms. The van der Waals surface area contributed by atoms with Gasteiger partial charge < -0.3 is 9.47 Å². The predicted molar refractivity (Wildman–Crippen MR) is 181 cm³/mol. The zero-order valence-corrected chi connectivity index (χ0v) is 25.7. The smallest absolute Gasteiger partial charge is 0.187 e. The standard InChI is InChI=1S/C41H37NO2/c1-5-6-7-13-26-43-31-21-18-29(19-22-31)41(28-14-9-8-10-15-28)25-24-35-38-37(32-16-11-12-17-33(32)39(35)44-41)34-23-20-30(42-4)27-36(34)40(38,2)3/h8-12,14-25,27H,5-7,13,26H2,1-3H3. The molecule has 0 radical (unpaired) electrons. The highest BCUT2D eigenvalue weighted by Gasteiger charge is 2.44. The van der Waals surface area contributed by atoms with Crippen LogP contribution < -0.4 is 9.47 Å². The van der Waals surface area contributed by atoms with E-state index in [1.54, 1.807) is 0 Å². The van der Waals surface area contributed by atoms with E-state index in [0.29, 0.717) is 5.69 Å². The molecule has 5 aromatic carbocycles. The molecule has 2 aliphatic rings. The Morgan fingerprint density at radius 3 is 2.27 bits per heavy atom. The molecule has 1 aliphatic carbocycles. The van der Waals surface area contributed by atoms with Gasteiger partial charge in [0.2, 0.25) is 0 Å². The van der Waals surface area contributed by atoms with Crippen LogP contribution in [0.5, 0.6) is 11.5 Å². The van der Waals surface area contributed by atoms with Crippen molar-refractivity contribution < 1.29 is 9.47 Å². The van der Waals surface area contributed by atoms with Crippen molar-refractivity contribution in [2.24, 2.45) is 0 Å². The van der Waals surface area contributed by atoms with Crippen LogP contribution in [0.25, 0.3) is 32.8 Å². The fourth-order valence-electron chi connectivity index (χ4n) is 7.17. The van der Waals surface area contributed by atoms with Gasteiger partial charge >= 0.3 is 0 Å². The summed E-state index contributed by atoms with van der Waals surface area (Å²) >= 11 is 0. The minimum Gasteiger partial charge on any atom is -0.494 e. The summed E-state index contributed by atoms with van der Waals surface area (Å²) in [6.07, 6.45) is 9.24.